The number of carbonyl (C=O) groups excluding carboxylic acids is 1. The Morgan fingerprint density at radius 1 is 0.914 bits per heavy atom. The van der Waals surface area contributed by atoms with E-state index in [9.17, 15) is 14.7 Å². The smallest absolute Gasteiger partial charge is 0.407 e. The Hall–Kier alpha value is -4.12. The summed E-state index contributed by atoms with van der Waals surface area (Å²) in [5.41, 5.74) is 3.99. The lowest BCUT2D eigenvalue weighted by Crippen LogP contribution is -2.38. The van der Waals surface area contributed by atoms with Crippen molar-refractivity contribution in [1.82, 2.24) is 19.6 Å². The van der Waals surface area contributed by atoms with Crippen molar-refractivity contribution < 1.29 is 14.7 Å². The van der Waals surface area contributed by atoms with E-state index in [1.165, 1.54) is 10.5 Å². The Morgan fingerprint density at radius 2 is 1.57 bits per heavy atom. The predicted molar refractivity (Wildman–Crippen MR) is 130 cm³/mol. The SMILES string of the molecule is N#Cc1ccc(-n2ncc(C(=O)N3CCC(c4ccccc4)C3)c2C2CCN(C(=O)O)CC2)cc1. The number of hydrogen-bond acceptors (Lipinski definition) is 4. The van der Waals surface area contributed by atoms with Crippen LogP contribution in [0.4, 0.5) is 4.79 Å². The van der Waals surface area contributed by atoms with Gasteiger partial charge in [-0.25, -0.2) is 9.48 Å². The lowest BCUT2D eigenvalue weighted by molar-refractivity contribution is 0.0787. The summed E-state index contributed by atoms with van der Waals surface area (Å²) in [4.78, 5) is 28.5. The number of nitriles is 1. The average Bonchev–Trinajstić information content (AvgIpc) is 3.57. The van der Waals surface area contributed by atoms with E-state index in [-0.39, 0.29) is 11.8 Å². The fraction of sp³-hybridized carbons (Fsp3) is 0.333. The van der Waals surface area contributed by atoms with Gasteiger partial charge < -0.3 is 14.9 Å². The van der Waals surface area contributed by atoms with Crippen molar-refractivity contribution in [2.45, 2.75) is 31.1 Å². The minimum Gasteiger partial charge on any atom is -0.465 e. The van der Waals surface area contributed by atoms with Crippen LogP contribution in [0.1, 0.15) is 58.3 Å². The maximum absolute atomic E-state index is 13.7. The van der Waals surface area contributed by atoms with Gasteiger partial charge in [-0.05, 0) is 49.1 Å². The number of piperidine rings is 1. The van der Waals surface area contributed by atoms with Crippen molar-refractivity contribution in [3.8, 4) is 11.8 Å². The van der Waals surface area contributed by atoms with Crippen LogP contribution >= 0.6 is 0 Å². The molecule has 1 N–H and O–H groups in total. The zero-order valence-electron chi connectivity index (χ0n) is 19.4. The second-order valence-corrected chi connectivity index (χ2v) is 9.21. The van der Waals surface area contributed by atoms with E-state index in [2.05, 4.69) is 23.3 Å². The molecule has 8 heteroatoms. The molecule has 2 aliphatic rings. The summed E-state index contributed by atoms with van der Waals surface area (Å²) in [5, 5.41) is 23.1. The van der Waals surface area contributed by atoms with Crippen LogP contribution in [0.5, 0.6) is 0 Å². The first kappa shape index (κ1) is 22.7. The molecule has 2 amide bonds. The van der Waals surface area contributed by atoms with E-state index in [0.717, 1.165) is 17.8 Å². The highest BCUT2D eigenvalue weighted by atomic mass is 16.4. The van der Waals surface area contributed by atoms with Crippen LogP contribution in [0.15, 0.2) is 60.8 Å². The molecule has 2 fully saturated rings. The zero-order chi connectivity index (χ0) is 24.4. The molecule has 0 spiro atoms. The third-order valence-corrected chi connectivity index (χ3v) is 7.18. The predicted octanol–water partition coefficient (Wildman–Crippen LogP) is 4.23. The van der Waals surface area contributed by atoms with Gasteiger partial charge in [0.05, 0.1) is 34.8 Å². The highest BCUT2D eigenvalue weighted by Gasteiger charge is 2.34. The van der Waals surface area contributed by atoms with Gasteiger partial charge in [0.2, 0.25) is 0 Å². The number of amides is 2. The molecule has 1 aromatic heterocycles. The van der Waals surface area contributed by atoms with E-state index >= 15 is 0 Å². The lowest BCUT2D eigenvalue weighted by atomic mass is 9.90. The van der Waals surface area contributed by atoms with E-state index in [4.69, 9.17) is 5.26 Å². The van der Waals surface area contributed by atoms with Gasteiger partial charge in [0.25, 0.3) is 5.91 Å². The molecule has 3 aromatic rings. The van der Waals surface area contributed by atoms with Crippen LogP contribution in [-0.4, -0.2) is 62.9 Å². The van der Waals surface area contributed by atoms with Gasteiger partial charge in [0.15, 0.2) is 0 Å². The van der Waals surface area contributed by atoms with E-state index in [1.807, 2.05) is 35.2 Å². The molecule has 0 bridgehead atoms. The lowest BCUT2D eigenvalue weighted by Gasteiger charge is -2.31. The van der Waals surface area contributed by atoms with Crippen LogP contribution in [0.2, 0.25) is 0 Å². The summed E-state index contributed by atoms with van der Waals surface area (Å²) >= 11 is 0. The summed E-state index contributed by atoms with van der Waals surface area (Å²) in [5.74, 6) is 0.296. The number of hydrogen-bond donors (Lipinski definition) is 1. The topological polar surface area (TPSA) is 102 Å². The van der Waals surface area contributed by atoms with E-state index < -0.39 is 6.09 Å². The highest BCUT2D eigenvalue weighted by molar-refractivity contribution is 5.95. The molecular weight excluding hydrogens is 442 g/mol. The molecule has 2 aromatic carbocycles. The van der Waals surface area contributed by atoms with Gasteiger partial charge in [0.1, 0.15) is 0 Å². The van der Waals surface area contributed by atoms with E-state index in [1.54, 1.807) is 23.0 Å². The molecular formula is C27H27N5O3. The first-order chi connectivity index (χ1) is 17.0. The molecule has 5 rings (SSSR count). The first-order valence-electron chi connectivity index (χ1n) is 12.0. The maximum Gasteiger partial charge on any atom is 0.407 e. The van der Waals surface area contributed by atoms with Crippen molar-refractivity contribution >= 4 is 12.0 Å². The highest BCUT2D eigenvalue weighted by Crippen LogP contribution is 2.34. The van der Waals surface area contributed by atoms with Crippen LogP contribution in [0, 0.1) is 11.3 Å². The minimum atomic E-state index is -0.913. The van der Waals surface area contributed by atoms with Crippen molar-refractivity contribution in [3.63, 3.8) is 0 Å². The molecule has 2 aliphatic heterocycles. The number of carboxylic acid groups (broad SMARTS) is 1. The molecule has 8 nitrogen and oxygen atoms in total. The van der Waals surface area contributed by atoms with Gasteiger partial charge in [-0.1, -0.05) is 30.3 Å². The molecule has 3 heterocycles. The molecule has 1 atom stereocenters. The second kappa shape index (κ2) is 9.63. The Morgan fingerprint density at radius 3 is 2.23 bits per heavy atom. The maximum atomic E-state index is 13.7. The Bertz CT molecular complexity index is 1250. The number of benzene rings is 2. The molecule has 0 aliphatic carbocycles. The van der Waals surface area contributed by atoms with Crippen LogP contribution in [-0.2, 0) is 0 Å². The minimum absolute atomic E-state index is 0.00946. The van der Waals surface area contributed by atoms with Crippen LogP contribution in [0.25, 0.3) is 5.69 Å². The van der Waals surface area contributed by atoms with Gasteiger partial charge in [-0.3, -0.25) is 4.79 Å². The third kappa shape index (κ3) is 4.50. The number of nitrogens with zero attached hydrogens (tertiary/aromatic N) is 5. The number of rotatable bonds is 4. The fourth-order valence-electron chi connectivity index (χ4n) is 5.26. The third-order valence-electron chi connectivity index (χ3n) is 7.18. The van der Waals surface area contributed by atoms with Gasteiger partial charge in [-0.15, -0.1) is 0 Å². The second-order valence-electron chi connectivity index (χ2n) is 9.21. The molecule has 178 valence electrons. The molecule has 0 saturated carbocycles. The molecule has 1 unspecified atom stereocenters. The summed E-state index contributed by atoms with van der Waals surface area (Å²) < 4.78 is 1.79. The zero-order valence-corrected chi connectivity index (χ0v) is 19.4. The van der Waals surface area contributed by atoms with Crippen LogP contribution < -0.4 is 0 Å². The fourth-order valence-corrected chi connectivity index (χ4v) is 5.26. The normalized spacial score (nSPS) is 18.4. The summed E-state index contributed by atoms with van der Waals surface area (Å²) in [7, 11) is 0. The number of carbonyl (C=O) groups is 2. The molecule has 35 heavy (non-hydrogen) atoms. The summed E-state index contributed by atoms with van der Waals surface area (Å²) in [6, 6.07) is 19.6. The van der Waals surface area contributed by atoms with Crippen molar-refractivity contribution in [2.75, 3.05) is 26.2 Å². The Labute approximate surface area is 204 Å². The van der Waals surface area contributed by atoms with E-state index in [0.29, 0.717) is 56.1 Å². The van der Waals surface area contributed by atoms with Crippen molar-refractivity contribution in [2.24, 2.45) is 0 Å². The quantitative estimate of drug-likeness (QED) is 0.616. The molecule has 2 saturated heterocycles. The largest absolute Gasteiger partial charge is 0.465 e. The van der Waals surface area contributed by atoms with Gasteiger partial charge in [-0.2, -0.15) is 10.4 Å². The Balaban J connectivity index is 1.45. The summed E-state index contributed by atoms with van der Waals surface area (Å²) in [6.45, 7) is 2.21. The first-order valence-corrected chi connectivity index (χ1v) is 12.0. The molecule has 0 radical (unpaired) electrons. The van der Waals surface area contributed by atoms with Crippen molar-refractivity contribution in [3.05, 3.63) is 83.2 Å². The summed E-state index contributed by atoms with van der Waals surface area (Å²) in [6.07, 6.45) is 2.91. The standard InChI is InChI=1S/C27H27N5O3/c28-16-19-6-8-23(9-7-19)32-25(21-10-13-30(14-11-21)27(34)35)24(17-29-32)26(33)31-15-12-22(18-31)20-4-2-1-3-5-20/h1-9,17,21-22H,10-15,18H2,(H,34,35). The van der Waals surface area contributed by atoms with Crippen molar-refractivity contribution in [1.29, 1.82) is 5.26 Å². The van der Waals surface area contributed by atoms with Gasteiger partial charge in [0, 0.05) is 38.0 Å². The number of aromatic nitrogens is 2. The number of likely N-dealkylation sites (tertiary alicyclic amines) is 2. The van der Waals surface area contributed by atoms with Gasteiger partial charge >= 0.3 is 6.09 Å². The van der Waals surface area contributed by atoms with Crippen LogP contribution in [0.3, 0.4) is 0 Å². The monoisotopic (exact) mass is 469 g/mol. The Kier molecular flexibility index (Phi) is 6.23. The average molecular weight is 470 g/mol.